The van der Waals surface area contributed by atoms with Gasteiger partial charge in [-0.2, -0.15) is 0 Å². The summed E-state index contributed by atoms with van der Waals surface area (Å²) in [6.45, 7) is 4.17. The molecule has 0 aliphatic rings. The number of fused-ring (bicyclic) bond motifs is 2. The van der Waals surface area contributed by atoms with Crippen LogP contribution in [0.2, 0.25) is 0 Å². The van der Waals surface area contributed by atoms with Crippen molar-refractivity contribution < 1.29 is 4.42 Å². The van der Waals surface area contributed by atoms with Gasteiger partial charge in [0.1, 0.15) is 5.52 Å². The van der Waals surface area contributed by atoms with Crippen LogP contribution in [0, 0.1) is 6.92 Å². The molecular weight excluding hydrogens is 745 g/mol. The zero-order valence-electron chi connectivity index (χ0n) is 34.0. The predicted octanol–water partition coefficient (Wildman–Crippen LogP) is 15.7. The highest BCUT2D eigenvalue weighted by atomic mass is 16.3. The van der Waals surface area contributed by atoms with E-state index in [2.05, 4.69) is 206 Å². The van der Waals surface area contributed by atoms with Gasteiger partial charge < -0.3 is 14.2 Å². The first-order valence-corrected chi connectivity index (χ1v) is 20.6. The number of aliphatic imine (C=N–C) groups is 1. The Balaban J connectivity index is 0.954. The number of oxazole rings is 1. The smallest absolute Gasteiger partial charge is 0.227 e. The molecule has 0 radical (unpaired) electrons. The number of hydrogen-bond acceptors (Lipinski definition) is 5. The number of hydrogen-bond donors (Lipinski definition) is 0. The summed E-state index contributed by atoms with van der Waals surface area (Å²) in [6, 6.07) is 76.5. The molecule has 0 spiro atoms. The van der Waals surface area contributed by atoms with Crippen molar-refractivity contribution in [2.45, 2.75) is 13.8 Å². The molecule has 1 aromatic heterocycles. The van der Waals surface area contributed by atoms with Crippen molar-refractivity contribution in [1.82, 2.24) is 4.98 Å². The van der Waals surface area contributed by atoms with E-state index in [0.717, 1.165) is 84.4 Å². The largest absolute Gasteiger partial charge is 0.436 e. The fourth-order valence-corrected chi connectivity index (χ4v) is 7.96. The minimum Gasteiger partial charge on any atom is -0.436 e. The lowest BCUT2D eigenvalue weighted by molar-refractivity contribution is 0.620. The molecule has 0 unspecified atom stereocenters. The number of aryl methyl sites for hydroxylation is 1. The molecule has 61 heavy (non-hydrogen) atoms. The second-order valence-corrected chi connectivity index (χ2v) is 15.2. The van der Waals surface area contributed by atoms with Gasteiger partial charge in [0.25, 0.3) is 0 Å². The molecule has 0 aliphatic carbocycles. The SMILES string of the molecule is CC(=Nc1ccccc1C)c1ccc(N(c2ccccc2)c2ccc3cc(-c4cccc(N(c5ccccc5)c5ccc(-c6nc7ccccc7o6)cc5)c4)ccc3c2)cc1. The Labute approximate surface area is 356 Å². The number of aromatic nitrogens is 1. The van der Waals surface area contributed by atoms with Crippen LogP contribution in [0.15, 0.2) is 228 Å². The van der Waals surface area contributed by atoms with Gasteiger partial charge in [-0.3, -0.25) is 4.99 Å². The summed E-state index contributed by atoms with van der Waals surface area (Å²) in [7, 11) is 0. The van der Waals surface area contributed by atoms with E-state index in [9.17, 15) is 0 Å². The van der Waals surface area contributed by atoms with E-state index in [4.69, 9.17) is 14.4 Å². The summed E-state index contributed by atoms with van der Waals surface area (Å²) in [5.41, 5.74) is 15.5. The number of anilines is 6. The van der Waals surface area contributed by atoms with Crippen LogP contribution in [-0.2, 0) is 0 Å². The standard InChI is InChI=1S/C56H42N4O/c1-39-14-9-10-21-53(39)57-40(2)41-26-31-49(32-27-41)60(48-18-7-4-8-19-48)52-35-30-45-36-44(24-25-46(45)38-52)43-15-13-20-51(37-43)59(47-16-5-3-6-17-47)50-33-28-42(29-34-50)56-58-54-22-11-12-23-55(54)61-56/h3-38H,1-2H3. The fourth-order valence-electron chi connectivity index (χ4n) is 7.96. The molecule has 292 valence electrons. The first kappa shape index (κ1) is 37.3. The van der Waals surface area contributed by atoms with Crippen molar-refractivity contribution in [2.24, 2.45) is 4.99 Å². The maximum absolute atomic E-state index is 6.08. The Bertz CT molecular complexity index is 3120. The van der Waals surface area contributed by atoms with Crippen LogP contribution in [0.4, 0.5) is 39.8 Å². The Morgan fingerprint density at radius 1 is 0.443 bits per heavy atom. The van der Waals surface area contributed by atoms with Crippen LogP contribution < -0.4 is 9.80 Å². The topological polar surface area (TPSA) is 44.9 Å². The third-order valence-electron chi connectivity index (χ3n) is 11.2. The lowest BCUT2D eigenvalue weighted by Crippen LogP contribution is -2.10. The minimum atomic E-state index is 0.613. The summed E-state index contributed by atoms with van der Waals surface area (Å²) >= 11 is 0. The average Bonchev–Trinajstić information content (AvgIpc) is 3.76. The predicted molar refractivity (Wildman–Crippen MR) is 255 cm³/mol. The van der Waals surface area contributed by atoms with Gasteiger partial charge in [-0.1, -0.05) is 109 Å². The Kier molecular flexibility index (Phi) is 9.97. The highest BCUT2D eigenvalue weighted by Crippen LogP contribution is 2.40. The van der Waals surface area contributed by atoms with Crippen LogP contribution in [0.25, 0.3) is 44.5 Å². The third kappa shape index (κ3) is 7.69. The van der Waals surface area contributed by atoms with Crippen molar-refractivity contribution in [2.75, 3.05) is 9.80 Å². The molecule has 9 aromatic carbocycles. The van der Waals surface area contributed by atoms with Crippen LogP contribution in [0.1, 0.15) is 18.1 Å². The molecule has 0 saturated heterocycles. The van der Waals surface area contributed by atoms with E-state index in [-0.39, 0.29) is 0 Å². The van der Waals surface area contributed by atoms with E-state index < -0.39 is 0 Å². The maximum Gasteiger partial charge on any atom is 0.227 e. The molecular formula is C56H42N4O. The van der Waals surface area contributed by atoms with Gasteiger partial charge >= 0.3 is 0 Å². The van der Waals surface area contributed by atoms with Crippen LogP contribution >= 0.6 is 0 Å². The normalized spacial score (nSPS) is 11.5. The van der Waals surface area contributed by atoms with Crippen LogP contribution in [-0.4, -0.2) is 10.7 Å². The molecule has 0 bridgehead atoms. The van der Waals surface area contributed by atoms with Gasteiger partial charge in [0.2, 0.25) is 5.89 Å². The molecule has 0 atom stereocenters. The zero-order valence-corrected chi connectivity index (χ0v) is 34.0. The first-order chi connectivity index (χ1) is 30.0. The number of rotatable bonds is 10. The van der Waals surface area contributed by atoms with Gasteiger partial charge in [0, 0.05) is 45.4 Å². The number of benzene rings is 9. The molecule has 5 heteroatoms. The molecule has 1 heterocycles. The van der Waals surface area contributed by atoms with E-state index >= 15 is 0 Å². The van der Waals surface area contributed by atoms with Gasteiger partial charge in [0.15, 0.2) is 5.58 Å². The second kappa shape index (κ2) is 16.3. The van der Waals surface area contributed by atoms with Gasteiger partial charge in [-0.15, -0.1) is 0 Å². The molecule has 0 fully saturated rings. The molecule has 10 aromatic rings. The van der Waals surface area contributed by atoms with E-state index in [1.54, 1.807) is 0 Å². The van der Waals surface area contributed by atoms with Crippen molar-refractivity contribution in [3.63, 3.8) is 0 Å². The van der Waals surface area contributed by atoms with Crippen molar-refractivity contribution in [3.8, 4) is 22.6 Å². The van der Waals surface area contributed by atoms with E-state index in [0.29, 0.717) is 5.89 Å². The summed E-state index contributed by atoms with van der Waals surface area (Å²) < 4.78 is 6.08. The summed E-state index contributed by atoms with van der Waals surface area (Å²) in [6.07, 6.45) is 0. The molecule has 10 rings (SSSR count). The van der Waals surface area contributed by atoms with Crippen molar-refractivity contribution >= 4 is 67.4 Å². The summed E-state index contributed by atoms with van der Waals surface area (Å²) in [5, 5.41) is 2.34. The summed E-state index contributed by atoms with van der Waals surface area (Å²) in [4.78, 5) is 14.3. The van der Waals surface area contributed by atoms with Gasteiger partial charge in [-0.05, 0) is 156 Å². The minimum absolute atomic E-state index is 0.613. The highest BCUT2D eigenvalue weighted by molar-refractivity contribution is 6.01. The molecule has 0 saturated carbocycles. The van der Waals surface area contributed by atoms with Crippen molar-refractivity contribution in [3.05, 3.63) is 230 Å². The Morgan fingerprint density at radius 3 is 1.67 bits per heavy atom. The van der Waals surface area contributed by atoms with Crippen LogP contribution in [0.5, 0.6) is 0 Å². The Morgan fingerprint density at radius 2 is 0.967 bits per heavy atom. The number of para-hydroxylation sites is 5. The lowest BCUT2D eigenvalue weighted by Gasteiger charge is -2.26. The fraction of sp³-hybridized carbons (Fsp3) is 0.0357. The quantitative estimate of drug-likeness (QED) is 0.130. The van der Waals surface area contributed by atoms with Gasteiger partial charge in [0.05, 0.1) is 5.69 Å². The van der Waals surface area contributed by atoms with E-state index in [1.165, 1.54) is 10.8 Å². The monoisotopic (exact) mass is 786 g/mol. The molecule has 0 aliphatic heterocycles. The van der Waals surface area contributed by atoms with Gasteiger partial charge in [-0.25, -0.2) is 4.98 Å². The third-order valence-corrected chi connectivity index (χ3v) is 11.2. The zero-order chi connectivity index (χ0) is 41.1. The van der Waals surface area contributed by atoms with Crippen LogP contribution in [0.3, 0.4) is 0 Å². The molecule has 0 amide bonds. The average molecular weight is 787 g/mol. The second-order valence-electron chi connectivity index (χ2n) is 15.2. The molecule has 0 N–H and O–H groups in total. The summed E-state index contributed by atoms with van der Waals surface area (Å²) in [5.74, 6) is 0.613. The highest BCUT2D eigenvalue weighted by Gasteiger charge is 2.17. The first-order valence-electron chi connectivity index (χ1n) is 20.6. The lowest BCUT2D eigenvalue weighted by atomic mass is 9.99. The maximum atomic E-state index is 6.08. The number of nitrogens with zero attached hydrogens (tertiary/aromatic N) is 4. The Hall–Kier alpha value is -8.02. The molecule has 5 nitrogen and oxygen atoms in total. The van der Waals surface area contributed by atoms with Crippen molar-refractivity contribution in [1.29, 1.82) is 0 Å². The van der Waals surface area contributed by atoms with E-state index in [1.807, 2.05) is 36.4 Å².